The quantitative estimate of drug-likeness (QED) is 0.503. The molecule has 1 saturated carbocycles. The standard InChI is InChI=1S/C7H13O/c1-6-3-2-4-7(8)5-6/h2,6-8H,3-5H2,1H3. The first-order valence-electron chi connectivity index (χ1n) is 3.29. The lowest BCUT2D eigenvalue weighted by Gasteiger charge is -2.21. The first-order valence-corrected chi connectivity index (χ1v) is 3.29. The Morgan fingerprint density at radius 2 is 2.25 bits per heavy atom. The van der Waals surface area contributed by atoms with Crippen LogP contribution in [0.2, 0.25) is 0 Å². The van der Waals surface area contributed by atoms with E-state index in [2.05, 4.69) is 13.3 Å². The minimum atomic E-state index is -0.0428. The second kappa shape index (κ2) is 2.49. The van der Waals surface area contributed by atoms with Crippen LogP contribution < -0.4 is 0 Å². The van der Waals surface area contributed by atoms with Crippen LogP contribution in [0.15, 0.2) is 0 Å². The largest absolute Gasteiger partial charge is 0.393 e. The zero-order chi connectivity index (χ0) is 5.98. The minimum absolute atomic E-state index is 0.0428. The van der Waals surface area contributed by atoms with Crippen LogP contribution in [0.3, 0.4) is 0 Å². The maximum atomic E-state index is 9.05. The fourth-order valence-electron chi connectivity index (χ4n) is 1.23. The summed E-state index contributed by atoms with van der Waals surface area (Å²) in [7, 11) is 0. The molecule has 1 N–H and O–H groups in total. The van der Waals surface area contributed by atoms with Crippen LogP contribution in [0, 0.1) is 12.3 Å². The number of rotatable bonds is 0. The summed E-state index contributed by atoms with van der Waals surface area (Å²) in [6, 6.07) is 0. The SMILES string of the molecule is CC1C[CH]CC(O)C1. The van der Waals surface area contributed by atoms with E-state index in [-0.39, 0.29) is 6.10 Å². The molecule has 1 radical (unpaired) electrons. The number of aliphatic hydroxyl groups excluding tert-OH is 1. The van der Waals surface area contributed by atoms with Crippen molar-refractivity contribution in [1.29, 1.82) is 0 Å². The van der Waals surface area contributed by atoms with Crippen molar-refractivity contribution in [1.82, 2.24) is 0 Å². The first-order chi connectivity index (χ1) is 3.79. The molecule has 1 fully saturated rings. The molecule has 2 atom stereocenters. The smallest absolute Gasteiger partial charge is 0.0545 e. The Morgan fingerprint density at radius 3 is 2.62 bits per heavy atom. The summed E-state index contributed by atoms with van der Waals surface area (Å²) in [4.78, 5) is 0. The van der Waals surface area contributed by atoms with Crippen LogP contribution in [-0.2, 0) is 0 Å². The van der Waals surface area contributed by atoms with Gasteiger partial charge in [0.25, 0.3) is 0 Å². The molecule has 1 rings (SSSR count). The van der Waals surface area contributed by atoms with Crippen molar-refractivity contribution in [2.75, 3.05) is 0 Å². The van der Waals surface area contributed by atoms with Crippen molar-refractivity contribution in [2.24, 2.45) is 5.92 Å². The van der Waals surface area contributed by atoms with Crippen molar-refractivity contribution < 1.29 is 5.11 Å². The summed E-state index contributed by atoms with van der Waals surface area (Å²) in [5.74, 6) is 0.707. The summed E-state index contributed by atoms with van der Waals surface area (Å²) < 4.78 is 0. The molecule has 0 aliphatic heterocycles. The van der Waals surface area contributed by atoms with Gasteiger partial charge in [-0.2, -0.15) is 0 Å². The van der Waals surface area contributed by atoms with E-state index in [4.69, 9.17) is 5.11 Å². The highest BCUT2D eigenvalue weighted by Gasteiger charge is 2.15. The minimum Gasteiger partial charge on any atom is -0.393 e. The van der Waals surface area contributed by atoms with Gasteiger partial charge in [0, 0.05) is 0 Å². The Labute approximate surface area is 50.7 Å². The molecular weight excluding hydrogens is 100 g/mol. The highest BCUT2D eigenvalue weighted by atomic mass is 16.3. The van der Waals surface area contributed by atoms with Gasteiger partial charge in [-0.1, -0.05) is 6.92 Å². The zero-order valence-electron chi connectivity index (χ0n) is 5.30. The second-order valence-corrected chi connectivity index (χ2v) is 2.75. The lowest BCUT2D eigenvalue weighted by atomic mass is 9.89. The lowest BCUT2D eigenvalue weighted by Crippen LogP contribution is -2.17. The molecule has 47 valence electrons. The van der Waals surface area contributed by atoms with Gasteiger partial charge in [-0.15, -0.1) is 0 Å². The van der Waals surface area contributed by atoms with Gasteiger partial charge >= 0.3 is 0 Å². The highest BCUT2D eigenvalue weighted by Crippen LogP contribution is 2.21. The van der Waals surface area contributed by atoms with Crippen molar-refractivity contribution >= 4 is 0 Å². The maximum absolute atomic E-state index is 9.05. The molecule has 0 aromatic rings. The summed E-state index contributed by atoms with van der Waals surface area (Å²) in [6.07, 6.45) is 5.23. The second-order valence-electron chi connectivity index (χ2n) is 2.75. The van der Waals surface area contributed by atoms with E-state index in [1.807, 2.05) is 0 Å². The molecule has 0 saturated heterocycles. The molecule has 0 aromatic heterocycles. The van der Waals surface area contributed by atoms with E-state index in [9.17, 15) is 0 Å². The van der Waals surface area contributed by atoms with Crippen molar-refractivity contribution in [3.05, 3.63) is 6.42 Å². The predicted octanol–water partition coefficient (Wildman–Crippen LogP) is 1.37. The van der Waals surface area contributed by atoms with Gasteiger partial charge in [0.15, 0.2) is 0 Å². The molecule has 1 aliphatic carbocycles. The fourth-order valence-corrected chi connectivity index (χ4v) is 1.23. The van der Waals surface area contributed by atoms with Crippen molar-refractivity contribution in [3.63, 3.8) is 0 Å². The van der Waals surface area contributed by atoms with Gasteiger partial charge in [0.2, 0.25) is 0 Å². The van der Waals surface area contributed by atoms with Crippen LogP contribution in [0.5, 0.6) is 0 Å². The van der Waals surface area contributed by atoms with Crippen LogP contribution >= 0.6 is 0 Å². The van der Waals surface area contributed by atoms with Crippen LogP contribution in [0.4, 0.5) is 0 Å². The Morgan fingerprint density at radius 1 is 1.50 bits per heavy atom. The van der Waals surface area contributed by atoms with Crippen LogP contribution in [0.25, 0.3) is 0 Å². The summed E-state index contributed by atoms with van der Waals surface area (Å²) in [5.41, 5.74) is 0. The molecule has 0 aromatic carbocycles. The molecule has 1 nitrogen and oxygen atoms in total. The molecule has 2 unspecified atom stereocenters. The van der Waals surface area contributed by atoms with Gasteiger partial charge in [-0.25, -0.2) is 0 Å². The van der Waals surface area contributed by atoms with Crippen LogP contribution in [0.1, 0.15) is 26.2 Å². The predicted molar refractivity (Wildman–Crippen MR) is 33.3 cm³/mol. The lowest BCUT2D eigenvalue weighted by molar-refractivity contribution is 0.126. The number of hydrogen-bond acceptors (Lipinski definition) is 1. The topological polar surface area (TPSA) is 20.2 Å². The van der Waals surface area contributed by atoms with E-state index in [0.717, 1.165) is 12.8 Å². The molecule has 0 amide bonds. The first kappa shape index (κ1) is 6.09. The Hall–Kier alpha value is -0.0400. The number of hydrogen-bond donors (Lipinski definition) is 1. The summed E-state index contributed by atoms with van der Waals surface area (Å²) in [5, 5.41) is 9.05. The van der Waals surface area contributed by atoms with Crippen LogP contribution in [-0.4, -0.2) is 11.2 Å². The Balaban J connectivity index is 2.23. The van der Waals surface area contributed by atoms with Crippen molar-refractivity contribution in [3.8, 4) is 0 Å². The Kier molecular flexibility index (Phi) is 1.90. The van der Waals surface area contributed by atoms with Gasteiger partial charge in [0.05, 0.1) is 6.10 Å². The van der Waals surface area contributed by atoms with Gasteiger partial charge < -0.3 is 5.11 Å². The average Bonchev–Trinajstić information content (AvgIpc) is 1.64. The third-order valence-corrected chi connectivity index (χ3v) is 1.68. The fraction of sp³-hybridized carbons (Fsp3) is 0.857. The summed E-state index contributed by atoms with van der Waals surface area (Å²) in [6.45, 7) is 2.18. The van der Waals surface area contributed by atoms with E-state index in [1.54, 1.807) is 0 Å². The molecule has 8 heavy (non-hydrogen) atoms. The number of aliphatic hydroxyl groups is 1. The van der Waals surface area contributed by atoms with E-state index in [0.29, 0.717) is 5.92 Å². The van der Waals surface area contributed by atoms with Gasteiger partial charge in [0.1, 0.15) is 0 Å². The van der Waals surface area contributed by atoms with Crippen molar-refractivity contribution in [2.45, 2.75) is 32.3 Å². The molecule has 1 heteroatoms. The van der Waals surface area contributed by atoms with E-state index in [1.165, 1.54) is 6.42 Å². The third kappa shape index (κ3) is 1.48. The average molecular weight is 113 g/mol. The molecule has 0 spiro atoms. The molecule has 1 aliphatic rings. The van der Waals surface area contributed by atoms with E-state index >= 15 is 0 Å². The maximum Gasteiger partial charge on any atom is 0.0545 e. The monoisotopic (exact) mass is 113 g/mol. The zero-order valence-corrected chi connectivity index (χ0v) is 5.30. The van der Waals surface area contributed by atoms with Gasteiger partial charge in [-0.3, -0.25) is 0 Å². The molecular formula is C7H13O. The van der Waals surface area contributed by atoms with Gasteiger partial charge in [-0.05, 0) is 31.6 Å². The molecule has 0 heterocycles. The van der Waals surface area contributed by atoms with E-state index < -0.39 is 0 Å². The highest BCUT2D eigenvalue weighted by molar-refractivity contribution is 4.80. The summed E-state index contributed by atoms with van der Waals surface area (Å²) >= 11 is 0. The molecule has 0 bridgehead atoms. The third-order valence-electron chi connectivity index (χ3n) is 1.68. The Bertz CT molecular complexity index is 62.8. The normalized spacial score (nSPS) is 39.8.